The van der Waals surface area contributed by atoms with Gasteiger partial charge in [0.2, 0.25) is 0 Å². The van der Waals surface area contributed by atoms with Gasteiger partial charge in [-0.3, -0.25) is 4.79 Å². The van der Waals surface area contributed by atoms with Crippen molar-refractivity contribution in [2.75, 3.05) is 7.11 Å². The third-order valence-electron chi connectivity index (χ3n) is 3.30. The lowest BCUT2D eigenvalue weighted by atomic mass is 10.1. The fraction of sp³-hybridized carbons (Fsp3) is 0.250. The molecule has 5 heteroatoms. The number of ether oxygens (including phenoxy) is 1. The second-order valence-electron chi connectivity index (χ2n) is 4.77. The molecule has 1 heterocycles. The topological polar surface area (TPSA) is 68.5 Å². The molecule has 1 aromatic carbocycles. The Labute approximate surface area is 122 Å². The van der Waals surface area contributed by atoms with E-state index in [9.17, 15) is 14.7 Å². The number of carboxylic acids is 1. The number of aromatic carboxylic acids is 1. The minimum atomic E-state index is -1.03. The number of Topliss-reactive ketones (excluding diaryl/α,β-unsaturated/α-hetero) is 1. The fourth-order valence-corrected chi connectivity index (χ4v) is 2.14. The van der Waals surface area contributed by atoms with Crippen LogP contribution in [0, 0.1) is 0 Å². The summed E-state index contributed by atoms with van der Waals surface area (Å²) in [5, 5.41) is 9.19. The van der Waals surface area contributed by atoms with Crippen LogP contribution < -0.4 is 4.74 Å². The van der Waals surface area contributed by atoms with Gasteiger partial charge in [0.1, 0.15) is 11.4 Å². The molecule has 0 atom stereocenters. The quantitative estimate of drug-likeness (QED) is 0.829. The normalized spacial score (nSPS) is 10.4. The van der Waals surface area contributed by atoms with Crippen LogP contribution in [0.25, 0.3) is 0 Å². The first-order chi connectivity index (χ1) is 10.0. The Bertz CT molecular complexity index is 673. The van der Waals surface area contributed by atoms with Gasteiger partial charge in [0.25, 0.3) is 0 Å². The third-order valence-corrected chi connectivity index (χ3v) is 3.30. The number of rotatable bonds is 6. The number of methoxy groups -OCH3 is 1. The molecule has 0 saturated carbocycles. The summed E-state index contributed by atoms with van der Waals surface area (Å²) in [6.45, 7) is 1.91. The average Bonchev–Trinajstić information content (AvgIpc) is 2.90. The Balaban J connectivity index is 2.18. The van der Waals surface area contributed by atoms with E-state index in [2.05, 4.69) is 0 Å². The van der Waals surface area contributed by atoms with Gasteiger partial charge in [-0.2, -0.15) is 0 Å². The second-order valence-corrected chi connectivity index (χ2v) is 4.77. The van der Waals surface area contributed by atoms with Gasteiger partial charge in [0.05, 0.1) is 7.11 Å². The second kappa shape index (κ2) is 6.26. The summed E-state index contributed by atoms with van der Waals surface area (Å²) in [6.07, 6.45) is 2.25. The predicted molar refractivity (Wildman–Crippen MR) is 78.1 cm³/mol. The molecule has 0 fully saturated rings. The van der Waals surface area contributed by atoms with Crippen LogP contribution in [-0.4, -0.2) is 28.5 Å². The number of hydrogen-bond acceptors (Lipinski definition) is 3. The molecule has 0 saturated heterocycles. The Morgan fingerprint density at radius 3 is 2.67 bits per heavy atom. The van der Waals surface area contributed by atoms with E-state index in [4.69, 9.17) is 4.74 Å². The Morgan fingerprint density at radius 1 is 1.29 bits per heavy atom. The summed E-state index contributed by atoms with van der Waals surface area (Å²) in [5.41, 5.74) is 1.59. The molecule has 2 aromatic rings. The summed E-state index contributed by atoms with van der Waals surface area (Å²) < 4.78 is 6.75. The van der Waals surface area contributed by atoms with Gasteiger partial charge in [0, 0.05) is 18.3 Å². The standard InChI is InChI=1S/C16H17NO4/c1-11(18)13-9-15(16(19)20)17(10-13)7-6-12-4-3-5-14(8-12)21-2/h3-5,8-10H,6-7H2,1-2H3,(H,19,20). The molecule has 21 heavy (non-hydrogen) atoms. The number of ketones is 1. The highest BCUT2D eigenvalue weighted by molar-refractivity contribution is 5.97. The van der Waals surface area contributed by atoms with Crippen molar-refractivity contribution in [2.24, 2.45) is 0 Å². The smallest absolute Gasteiger partial charge is 0.352 e. The van der Waals surface area contributed by atoms with E-state index < -0.39 is 5.97 Å². The van der Waals surface area contributed by atoms with Crippen LogP contribution >= 0.6 is 0 Å². The molecule has 0 amide bonds. The number of nitrogens with zero attached hydrogens (tertiary/aromatic N) is 1. The van der Waals surface area contributed by atoms with Crippen LogP contribution in [0.15, 0.2) is 36.5 Å². The van der Waals surface area contributed by atoms with Gasteiger partial charge in [-0.05, 0) is 37.1 Å². The first kappa shape index (κ1) is 14.8. The summed E-state index contributed by atoms with van der Waals surface area (Å²) >= 11 is 0. The van der Waals surface area contributed by atoms with E-state index >= 15 is 0 Å². The maximum Gasteiger partial charge on any atom is 0.352 e. The molecule has 2 rings (SSSR count). The molecule has 1 aromatic heterocycles. The number of carboxylic acid groups (broad SMARTS) is 1. The third kappa shape index (κ3) is 3.51. The SMILES string of the molecule is COc1cccc(CCn2cc(C(C)=O)cc2C(=O)O)c1. The number of hydrogen-bond donors (Lipinski definition) is 1. The number of aromatic nitrogens is 1. The van der Waals surface area contributed by atoms with Gasteiger partial charge in [0.15, 0.2) is 5.78 Å². The van der Waals surface area contributed by atoms with Crippen molar-refractivity contribution >= 4 is 11.8 Å². The van der Waals surface area contributed by atoms with E-state index in [0.29, 0.717) is 18.5 Å². The Hall–Kier alpha value is -2.56. The van der Waals surface area contributed by atoms with E-state index in [1.807, 2.05) is 24.3 Å². The van der Waals surface area contributed by atoms with Crippen molar-refractivity contribution in [1.29, 1.82) is 0 Å². The maximum absolute atomic E-state index is 11.4. The molecule has 0 bridgehead atoms. The monoisotopic (exact) mass is 287 g/mol. The lowest BCUT2D eigenvalue weighted by Crippen LogP contribution is -2.09. The van der Waals surface area contributed by atoms with Crippen LogP contribution in [-0.2, 0) is 13.0 Å². The first-order valence-electron chi connectivity index (χ1n) is 6.58. The molecule has 0 radical (unpaired) electrons. The van der Waals surface area contributed by atoms with Crippen LogP contribution in [0.4, 0.5) is 0 Å². The predicted octanol–water partition coefficient (Wildman–Crippen LogP) is 2.64. The van der Waals surface area contributed by atoms with Gasteiger partial charge >= 0.3 is 5.97 Å². The number of aryl methyl sites for hydroxylation is 2. The van der Waals surface area contributed by atoms with Crippen molar-refractivity contribution in [3.63, 3.8) is 0 Å². The van der Waals surface area contributed by atoms with Gasteiger partial charge < -0.3 is 14.4 Å². The lowest BCUT2D eigenvalue weighted by molar-refractivity contribution is 0.0685. The highest BCUT2D eigenvalue weighted by Gasteiger charge is 2.14. The van der Waals surface area contributed by atoms with Crippen molar-refractivity contribution in [1.82, 2.24) is 4.57 Å². The van der Waals surface area contributed by atoms with Crippen LogP contribution in [0.2, 0.25) is 0 Å². The van der Waals surface area contributed by atoms with Crippen molar-refractivity contribution in [3.8, 4) is 5.75 Å². The molecule has 0 aliphatic carbocycles. The molecule has 0 aliphatic rings. The van der Waals surface area contributed by atoms with Gasteiger partial charge in [-0.1, -0.05) is 12.1 Å². The van der Waals surface area contributed by atoms with E-state index in [1.165, 1.54) is 13.0 Å². The zero-order valence-corrected chi connectivity index (χ0v) is 12.0. The number of benzene rings is 1. The highest BCUT2D eigenvalue weighted by atomic mass is 16.5. The van der Waals surface area contributed by atoms with Crippen molar-refractivity contribution in [3.05, 3.63) is 53.3 Å². The first-order valence-corrected chi connectivity index (χ1v) is 6.58. The zero-order chi connectivity index (χ0) is 15.4. The molecule has 0 unspecified atom stereocenters. The van der Waals surface area contributed by atoms with Gasteiger partial charge in [-0.15, -0.1) is 0 Å². The van der Waals surface area contributed by atoms with Crippen LogP contribution in [0.1, 0.15) is 33.3 Å². The van der Waals surface area contributed by atoms with Crippen LogP contribution in [0.5, 0.6) is 5.75 Å². The molecular weight excluding hydrogens is 270 g/mol. The van der Waals surface area contributed by atoms with E-state index in [-0.39, 0.29) is 11.5 Å². The molecule has 0 aliphatic heterocycles. The van der Waals surface area contributed by atoms with E-state index in [1.54, 1.807) is 17.9 Å². The summed E-state index contributed by atoms with van der Waals surface area (Å²) in [4.78, 5) is 22.6. The number of carbonyl (C=O) groups is 2. The Kier molecular flexibility index (Phi) is 4.42. The minimum Gasteiger partial charge on any atom is -0.497 e. The number of carbonyl (C=O) groups excluding carboxylic acids is 1. The summed E-state index contributed by atoms with van der Waals surface area (Å²) in [5.74, 6) is -0.409. The van der Waals surface area contributed by atoms with Crippen LogP contribution in [0.3, 0.4) is 0 Å². The highest BCUT2D eigenvalue weighted by Crippen LogP contribution is 2.15. The molecular formula is C16H17NO4. The lowest BCUT2D eigenvalue weighted by Gasteiger charge is -2.07. The zero-order valence-electron chi connectivity index (χ0n) is 12.0. The molecule has 5 nitrogen and oxygen atoms in total. The Morgan fingerprint density at radius 2 is 2.05 bits per heavy atom. The fourth-order valence-electron chi connectivity index (χ4n) is 2.14. The largest absolute Gasteiger partial charge is 0.497 e. The van der Waals surface area contributed by atoms with Gasteiger partial charge in [-0.25, -0.2) is 4.79 Å². The average molecular weight is 287 g/mol. The minimum absolute atomic E-state index is 0.128. The van der Waals surface area contributed by atoms with E-state index in [0.717, 1.165) is 11.3 Å². The van der Waals surface area contributed by atoms with Crippen molar-refractivity contribution in [2.45, 2.75) is 19.9 Å². The summed E-state index contributed by atoms with van der Waals surface area (Å²) in [6, 6.07) is 9.03. The molecule has 1 N–H and O–H groups in total. The maximum atomic E-state index is 11.4. The molecule has 0 spiro atoms. The van der Waals surface area contributed by atoms with Crippen molar-refractivity contribution < 1.29 is 19.4 Å². The summed E-state index contributed by atoms with van der Waals surface area (Å²) in [7, 11) is 1.60. The molecule has 110 valence electrons.